The van der Waals surface area contributed by atoms with E-state index in [1.807, 2.05) is 6.92 Å². The van der Waals surface area contributed by atoms with Crippen molar-refractivity contribution in [3.05, 3.63) is 0 Å². The van der Waals surface area contributed by atoms with Gasteiger partial charge in [0.2, 0.25) is 0 Å². The lowest BCUT2D eigenvalue weighted by molar-refractivity contribution is -0.140. The van der Waals surface area contributed by atoms with Crippen LogP contribution < -0.4 is 5.32 Å². The number of aliphatic carboxylic acids is 1. The third-order valence-electron chi connectivity index (χ3n) is 3.17. The highest BCUT2D eigenvalue weighted by atomic mass is 16.4. The van der Waals surface area contributed by atoms with Gasteiger partial charge in [-0.15, -0.1) is 0 Å². The Morgan fingerprint density at radius 1 is 1.39 bits per heavy atom. The lowest BCUT2D eigenvalue weighted by Gasteiger charge is -2.26. The number of carboxylic acid groups (broad SMARTS) is 1. The van der Waals surface area contributed by atoms with Gasteiger partial charge < -0.3 is 15.3 Å². The summed E-state index contributed by atoms with van der Waals surface area (Å²) in [5, 5.41) is 11.7. The molecule has 2 N–H and O–H groups in total. The molecule has 1 saturated carbocycles. The van der Waals surface area contributed by atoms with Gasteiger partial charge in [-0.05, 0) is 31.1 Å². The minimum atomic E-state index is -0.971. The minimum Gasteiger partial charge on any atom is -0.480 e. The lowest BCUT2D eigenvalue weighted by Crippen LogP contribution is -2.50. The first-order valence-corrected chi connectivity index (χ1v) is 6.74. The van der Waals surface area contributed by atoms with Crippen molar-refractivity contribution in [1.82, 2.24) is 10.2 Å². The topological polar surface area (TPSA) is 69.6 Å². The molecule has 5 nitrogen and oxygen atoms in total. The van der Waals surface area contributed by atoms with Crippen LogP contribution in [-0.4, -0.2) is 41.1 Å². The SMILES string of the molecule is CCCN(CC1CC1)C(=O)N[C@@H](C(=O)O)C(C)C. The van der Waals surface area contributed by atoms with E-state index in [1.165, 1.54) is 12.8 Å². The van der Waals surface area contributed by atoms with Gasteiger partial charge in [-0.3, -0.25) is 0 Å². The van der Waals surface area contributed by atoms with Crippen LogP contribution in [0, 0.1) is 11.8 Å². The summed E-state index contributed by atoms with van der Waals surface area (Å²) in [6.45, 7) is 7.05. The fourth-order valence-electron chi connectivity index (χ4n) is 1.90. The molecule has 0 aliphatic heterocycles. The molecule has 0 spiro atoms. The van der Waals surface area contributed by atoms with Crippen molar-refractivity contribution in [2.45, 2.75) is 46.1 Å². The summed E-state index contributed by atoms with van der Waals surface area (Å²) in [6.07, 6.45) is 3.25. The molecular formula is C13H24N2O3. The molecular weight excluding hydrogens is 232 g/mol. The normalized spacial score (nSPS) is 16.4. The zero-order chi connectivity index (χ0) is 13.7. The summed E-state index contributed by atoms with van der Waals surface area (Å²) in [4.78, 5) is 24.9. The molecule has 1 aliphatic rings. The number of carbonyl (C=O) groups is 2. The first kappa shape index (κ1) is 14.8. The predicted molar refractivity (Wildman–Crippen MR) is 69.4 cm³/mol. The van der Waals surface area contributed by atoms with Crippen molar-refractivity contribution >= 4 is 12.0 Å². The van der Waals surface area contributed by atoms with Crippen LogP contribution in [-0.2, 0) is 4.79 Å². The molecule has 0 aromatic carbocycles. The number of hydrogen-bond acceptors (Lipinski definition) is 2. The summed E-state index contributed by atoms with van der Waals surface area (Å²) < 4.78 is 0. The maximum Gasteiger partial charge on any atom is 0.326 e. The highest BCUT2D eigenvalue weighted by Crippen LogP contribution is 2.29. The Morgan fingerprint density at radius 3 is 2.39 bits per heavy atom. The molecule has 0 aromatic rings. The van der Waals surface area contributed by atoms with Crippen LogP contribution in [0.25, 0.3) is 0 Å². The monoisotopic (exact) mass is 256 g/mol. The second kappa shape index (κ2) is 6.61. The second-order valence-corrected chi connectivity index (χ2v) is 5.40. The van der Waals surface area contributed by atoms with Crippen molar-refractivity contribution in [2.75, 3.05) is 13.1 Å². The molecule has 104 valence electrons. The number of amides is 2. The molecule has 0 aromatic heterocycles. The van der Waals surface area contributed by atoms with E-state index < -0.39 is 12.0 Å². The maximum absolute atomic E-state index is 12.1. The van der Waals surface area contributed by atoms with Crippen LogP contribution in [0.4, 0.5) is 4.79 Å². The summed E-state index contributed by atoms with van der Waals surface area (Å²) in [6, 6.07) is -1.05. The molecule has 0 bridgehead atoms. The molecule has 0 unspecified atom stereocenters. The molecule has 1 rings (SSSR count). The number of nitrogens with zero attached hydrogens (tertiary/aromatic N) is 1. The van der Waals surface area contributed by atoms with E-state index in [1.54, 1.807) is 18.7 Å². The smallest absolute Gasteiger partial charge is 0.326 e. The first-order chi connectivity index (χ1) is 8.45. The maximum atomic E-state index is 12.1. The van der Waals surface area contributed by atoms with Gasteiger partial charge in [0.15, 0.2) is 0 Å². The van der Waals surface area contributed by atoms with Gasteiger partial charge in [-0.2, -0.15) is 0 Å². The van der Waals surface area contributed by atoms with Gasteiger partial charge >= 0.3 is 12.0 Å². The van der Waals surface area contributed by atoms with Crippen LogP contribution >= 0.6 is 0 Å². The summed E-state index contributed by atoms with van der Waals surface area (Å²) in [5.74, 6) is -0.471. The Labute approximate surface area is 109 Å². The average Bonchev–Trinajstić information content (AvgIpc) is 3.07. The molecule has 5 heteroatoms. The Kier molecular flexibility index (Phi) is 5.44. The van der Waals surface area contributed by atoms with Gasteiger partial charge in [-0.1, -0.05) is 20.8 Å². The van der Waals surface area contributed by atoms with E-state index in [0.29, 0.717) is 12.5 Å². The molecule has 1 atom stereocenters. The van der Waals surface area contributed by atoms with Crippen LogP contribution in [0.2, 0.25) is 0 Å². The fourth-order valence-corrected chi connectivity index (χ4v) is 1.90. The summed E-state index contributed by atoms with van der Waals surface area (Å²) in [7, 11) is 0. The number of hydrogen-bond donors (Lipinski definition) is 2. The van der Waals surface area contributed by atoms with Crippen LogP contribution in [0.5, 0.6) is 0 Å². The number of carbonyl (C=O) groups excluding carboxylic acids is 1. The highest BCUT2D eigenvalue weighted by molar-refractivity contribution is 5.82. The van der Waals surface area contributed by atoms with Crippen molar-refractivity contribution in [3.8, 4) is 0 Å². The van der Waals surface area contributed by atoms with Crippen LogP contribution in [0.15, 0.2) is 0 Å². The Morgan fingerprint density at radius 2 is 2.00 bits per heavy atom. The quantitative estimate of drug-likeness (QED) is 0.731. The van der Waals surface area contributed by atoms with E-state index in [2.05, 4.69) is 5.32 Å². The number of rotatable bonds is 7. The number of carboxylic acids is 1. The molecule has 1 fully saturated rings. The van der Waals surface area contributed by atoms with Gasteiger partial charge in [-0.25, -0.2) is 9.59 Å². The van der Waals surface area contributed by atoms with Crippen molar-refractivity contribution in [1.29, 1.82) is 0 Å². The third kappa shape index (κ3) is 4.55. The number of nitrogens with one attached hydrogen (secondary N) is 1. The largest absolute Gasteiger partial charge is 0.480 e. The highest BCUT2D eigenvalue weighted by Gasteiger charge is 2.29. The molecule has 18 heavy (non-hydrogen) atoms. The van der Waals surface area contributed by atoms with Gasteiger partial charge in [0.25, 0.3) is 0 Å². The zero-order valence-electron chi connectivity index (χ0n) is 11.5. The molecule has 1 aliphatic carbocycles. The van der Waals surface area contributed by atoms with Gasteiger partial charge in [0.1, 0.15) is 6.04 Å². The average molecular weight is 256 g/mol. The first-order valence-electron chi connectivity index (χ1n) is 6.74. The summed E-state index contributed by atoms with van der Waals surface area (Å²) in [5.41, 5.74) is 0. The third-order valence-corrected chi connectivity index (χ3v) is 3.17. The Balaban J connectivity index is 2.54. The summed E-state index contributed by atoms with van der Waals surface area (Å²) >= 11 is 0. The van der Waals surface area contributed by atoms with Crippen molar-refractivity contribution < 1.29 is 14.7 Å². The second-order valence-electron chi connectivity index (χ2n) is 5.40. The zero-order valence-corrected chi connectivity index (χ0v) is 11.5. The minimum absolute atomic E-state index is 0.115. The lowest BCUT2D eigenvalue weighted by atomic mass is 10.1. The molecule has 0 radical (unpaired) electrons. The van der Waals surface area contributed by atoms with Gasteiger partial charge in [0.05, 0.1) is 0 Å². The van der Waals surface area contributed by atoms with E-state index in [9.17, 15) is 9.59 Å². The Bertz CT molecular complexity index is 301. The van der Waals surface area contributed by atoms with Crippen LogP contribution in [0.3, 0.4) is 0 Å². The van der Waals surface area contributed by atoms with E-state index >= 15 is 0 Å². The predicted octanol–water partition coefficient (Wildman–Crippen LogP) is 1.93. The standard InChI is InChI=1S/C13H24N2O3/c1-4-7-15(8-10-5-6-10)13(18)14-11(9(2)3)12(16)17/h9-11H,4-8H2,1-3H3,(H,14,18)(H,16,17)/t11-/m1/s1. The van der Waals surface area contributed by atoms with E-state index in [-0.39, 0.29) is 11.9 Å². The van der Waals surface area contributed by atoms with Gasteiger partial charge in [0, 0.05) is 13.1 Å². The van der Waals surface area contributed by atoms with Crippen molar-refractivity contribution in [2.24, 2.45) is 11.8 Å². The Hall–Kier alpha value is -1.26. The molecule has 0 heterocycles. The molecule has 0 saturated heterocycles. The van der Waals surface area contributed by atoms with Crippen molar-refractivity contribution in [3.63, 3.8) is 0 Å². The molecule has 2 amide bonds. The van der Waals surface area contributed by atoms with Crippen LogP contribution in [0.1, 0.15) is 40.0 Å². The fraction of sp³-hybridized carbons (Fsp3) is 0.846. The number of urea groups is 1. The van der Waals surface area contributed by atoms with E-state index in [0.717, 1.165) is 13.0 Å². The van der Waals surface area contributed by atoms with E-state index in [4.69, 9.17) is 5.11 Å².